The highest BCUT2D eigenvalue weighted by Gasteiger charge is 2.46. The average molecular weight is 592 g/mol. The van der Waals surface area contributed by atoms with Crippen LogP contribution in [-0.2, 0) is 20.9 Å². The molecule has 0 radical (unpaired) electrons. The van der Waals surface area contributed by atoms with Gasteiger partial charge in [0.05, 0.1) is 24.8 Å². The van der Waals surface area contributed by atoms with Gasteiger partial charge in [-0.3, -0.25) is 14.5 Å². The number of ketones is 1. The summed E-state index contributed by atoms with van der Waals surface area (Å²) in [5.74, 6) is -0.832. The lowest BCUT2D eigenvalue weighted by molar-refractivity contribution is -0.140. The molecule has 1 N–H and O–H groups in total. The van der Waals surface area contributed by atoms with Crippen molar-refractivity contribution in [1.29, 1.82) is 0 Å². The maximum absolute atomic E-state index is 13.3. The molecule has 202 valence electrons. The Bertz CT molecular complexity index is 1360. The average Bonchev–Trinajstić information content (AvgIpc) is 3.21. The van der Waals surface area contributed by atoms with Crippen molar-refractivity contribution in [3.05, 3.63) is 105 Å². The number of morpholine rings is 1. The van der Waals surface area contributed by atoms with Crippen LogP contribution in [0.4, 0.5) is 0 Å². The maximum Gasteiger partial charge on any atom is 0.295 e. The Hall–Kier alpha value is -3.46. The molecule has 3 aromatic carbocycles. The van der Waals surface area contributed by atoms with Crippen LogP contribution >= 0.6 is 15.9 Å². The molecule has 0 aromatic heterocycles. The fraction of sp³-hybridized carbons (Fsp3) is 0.290. The van der Waals surface area contributed by atoms with Gasteiger partial charge in [-0.15, -0.1) is 0 Å². The van der Waals surface area contributed by atoms with Crippen molar-refractivity contribution in [2.45, 2.75) is 19.6 Å². The fourth-order valence-corrected chi connectivity index (χ4v) is 5.27. The van der Waals surface area contributed by atoms with Gasteiger partial charge in [-0.2, -0.15) is 0 Å². The van der Waals surface area contributed by atoms with Gasteiger partial charge in [-0.05, 0) is 54.4 Å². The molecule has 0 aliphatic carbocycles. The van der Waals surface area contributed by atoms with Crippen LogP contribution in [0.5, 0.6) is 5.75 Å². The summed E-state index contributed by atoms with van der Waals surface area (Å²) in [7, 11) is 0. The van der Waals surface area contributed by atoms with Crippen molar-refractivity contribution in [3.8, 4) is 5.75 Å². The van der Waals surface area contributed by atoms with Crippen molar-refractivity contribution in [2.75, 3.05) is 39.4 Å². The van der Waals surface area contributed by atoms with Gasteiger partial charge in [0.15, 0.2) is 0 Å². The van der Waals surface area contributed by atoms with Crippen LogP contribution in [0.15, 0.2) is 82.8 Å². The molecule has 0 spiro atoms. The molecule has 39 heavy (non-hydrogen) atoms. The molecule has 2 aliphatic rings. The molecule has 2 heterocycles. The number of carbonyl (C=O) groups is 2. The number of hydrogen-bond donors (Lipinski definition) is 1. The van der Waals surface area contributed by atoms with Gasteiger partial charge >= 0.3 is 0 Å². The lowest BCUT2D eigenvalue weighted by Crippen LogP contribution is -2.42. The quantitative estimate of drug-likeness (QED) is 0.224. The van der Waals surface area contributed by atoms with Gasteiger partial charge < -0.3 is 19.5 Å². The van der Waals surface area contributed by atoms with Gasteiger partial charge in [-0.25, -0.2) is 0 Å². The first-order chi connectivity index (χ1) is 18.9. The van der Waals surface area contributed by atoms with Gasteiger partial charge in [0.1, 0.15) is 18.1 Å². The second-order valence-electron chi connectivity index (χ2n) is 9.80. The van der Waals surface area contributed by atoms with E-state index < -0.39 is 17.7 Å². The van der Waals surface area contributed by atoms with E-state index in [9.17, 15) is 14.7 Å². The zero-order chi connectivity index (χ0) is 27.4. The molecule has 8 heteroatoms. The molecule has 1 amide bonds. The minimum atomic E-state index is -0.684. The number of ether oxygens (including phenoxy) is 2. The number of benzene rings is 3. The van der Waals surface area contributed by atoms with Crippen molar-refractivity contribution in [2.24, 2.45) is 0 Å². The highest BCUT2D eigenvalue weighted by Crippen LogP contribution is 2.39. The monoisotopic (exact) mass is 590 g/mol. The Morgan fingerprint density at radius 3 is 2.41 bits per heavy atom. The van der Waals surface area contributed by atoms with Crippen LogP contribution in [0, 0.1) is 6.92 Å². The summed E-state index contributed by atoms with van der Waals surface area (Å²) in [4.78, 5) is 30.3. The standard InChI is InChI=1S/C31H31BrN2O5/c1-21-3-2-4-22(19-21)20-39-26-11-7-24(8-12-26)29(35)27-28(23-5-9-25(32)10-6-23)34(31(37)30(27)36)14-13-33-15-17-38-18-16-33/h2-12,19,28,35H,13-18,20H2,1H3/b29-27+. The SMILES string of the molecule is Cc1cccc(COc2ccc(/C(O)=C3\C(=O)C(=O)N(CCN4CCOCC4)C3c3ccc(Br)cc3)cc2)c1. The van der Waals surface area contributed by atoms with Gasteiger partial charge in [0.2, 0.25) is 0 Å². The molecule has 0 saturated carbocycles. The first kappa shape index (κ1) is 27.1. The summed E-state index contributed by atoms with van der Waals surface area (Å²) < 4.78 is 12.2. The Kier molecular flexibility index (Phi) is 8.45. The van der Waals surface area contributed by atoms with E-state index in [1.54, 1.807) is 29.2 Å². The largest absolute Gasteiger partial charge is 0.507 e. The van der Waals surface area contributed by atoms with Crippen LogP contribution in [0.3, 0.4) is 0 Å². The first-order valence-electron chi connectivity index (χ1n) is 13.0. The minimum Gasteiger partial charge on any atom is -0.507 e. The minimum absolute atomic E-state index is 0.0951. The second-order valence-corrected chi connectivity index (χ2v) is 10.7. The molecule has 1 atom stereocenters. The van der Waals surface area contributed by atoms with E-state index in [4.69, 9.17) is 9.47 Å². The molecule has 2 aliphatic heterocycles. The molecule has 3 aromatic rings. The van der Waals surface area contributed by atoms with E-state index in [0.29, 0.717) is 44.2 Å². The number of amides is 1. The van der Waals surface area contributed by atoms with Gasteiger partial charge in [0, 0.05) is 36.2 Å². The molecule has 2 saturated heterocycles. The molecule has 7 nitrogen and oxygen atoms in total. The van der Waals surface area contributed by atoms with Crippen LogP contribution in [0.2, 0.25) is 0 Å². The maximum atomic E-state index is 13.3. The number of Topliss-reactive ketones (excluding diaryl/α,β-unsaturated/α-hetero) is 1. The third-order valence-electron chi connectivity index (χ3n) is 7.10. The van der Waals surface area contributed by atoms with Crippen molar-refractivity contribution in [3.63, 3.8) is 0 Å². The van der Waals surface area contributed by atoms with Crippen LogP contribution in [0.1, 0.15) is 28.3 Å². The number of carbonyl (C=O) groups excluding carboxylic acids is 2. The first-order valence-corrected chi connectivity index (χ1v) is 13.8. The number of aliphatic hydroxyl groups excluding tert-OH is 1. The summed E-state index contributed by atoms with van der Waals surface area (Å²) in [5.41, 5.74) is 3.54. The number of nitrogens with zero attached hydrogens (tertiary/aromatic N) is 2. The van der Waals surface area contributed by atoms with Crippen LogP contribution in [-0.4, -0.2) is 66.0 Å². The van der Waals surface area contributed by atoms with Crippen molar-refractivity contribution < 1.29 is 24.2 Å². The third kappa shape index (κ3) is 6.24. The molecule has 1 unspecified atom stereocenters. The van der Waals surface area contributed by atoms with E-state index >= 15 is 0 Å². The van der Waals surface area contributed by atoms with E-state index in [1.807, 2.05) is 49.4 Å². The smallest absolute Gasteiger partial charge is 0.295 e. The number of hydrogen-bond acceptors (Lipinski definition) is 6. The van der Waals surface area contributed by atoms with E-state index in [0.717, 1.165) is 34.3 Å². The van der Waals surface area contributed by atoms with E-state index in [2.05, 4.69) is 26.9 Å². The normalized spacial score (nSPS) is 19.4. The number of halogens is 1. The second kappa shape index (κ2) is 12.2. The fourth-order valence-electron chi connectivity index (χ4n) is 5.01. The highest BCUT2D eigenvalue weighted by atomic mass is 79.9. The Morgan fingerprint density at radius 1 is 1.00 bits per heavy atom. The van der Waals surface area contributed by atoms with Crippen molar-refractivity contribution in [1.82, 2.24) is 9.80 Å². The van der Waals surface area contributed by atoms with E-state index in [1.165, 1.54) is 0 Å². The molecule has 5 rings (SSSR count). The van der Waals surface area contributed by atoms with Gasteiger partial charge in [-0.1, -0.05) is 57.9 Å². The third-order valence-corrected chi connectivity index (χ3v) is 7.63. The predicted molar refractivity (Wildman–Crippen MR) is 152 cm³/mol. The van der Waals surface area contributed by atoms with Crippen LogP contribution < -0.4 is 4.74 Å². The molecule has 0 bridgehead atoms. The number of aryl methyl sites for hydroxylation is 1. The Labute approximate surface area is 236 Å². The zero-order valence-corrected chi connectivity index (χ0v) is 23.4. The van der Waals surface area contributed by atoms with Crippen molar-refractivity contribution >= 4 is 33.4 Å². The number of likely N-dealkylation sites (tertiary alicyclic amines) is 1. The van der Waals surface area contributed by atoms with Gasteiger partial charge in [0.25, 0.3) is 11.7 Å². The summed E-state index contributed by atoms with van der Waals surface area (Å²) in [5, 5.41) is 11.4. The Morgan fingerprint density at radius 2 is 1.72 bits per heavy atom. The topological polar surface area (TPSA) is 79.3 Å². The molecular weight excluding hydrogens is 560 g/mol. The summed E-state index contributed by atoms with van der Waals surface area (Å²) in [6.45, 7) is 6.32. The number of aliphatic hydroxyl groups is 1. The summed E-state index contributed by atoms with van der Waals surface area (Å²) in [6, 6.07) is 21.8. The highest BCUT2D eigenvalue weighted by molar-refractivity contribution is 9.10. The number of rotatable bonds is 8. The van der Waals surface area contributed by atoms with Crippen LogP contribution in [0.25, 0.3) is 5.76 Å². The molecule has 2 fully saturated rings. The molecular formula is C31H31BrN2O5. The lowest BCUT2D eigenvalue weighted by atomic mass is 9.95. The Balaban J connectivity index is 1.41. The summed E-state index contributed by atoms with van der Waals surface area (Å²) in [6.07, 6.45) is 0. The predicted octanol–water partition coefficient (Wildman–Crippen LogP) is 5.09. The lowest BCUT2D eigenvalue weighted by Gasteiger charge is -2.31. The zero-order valence-electron chi connectivity index (χ0n) is 21.8. The summed E-state index contributed by atoms with van der Waals surface area (Å²) >= 11 is 3.45. The van der Waals surface area contributed by atoms with E-state index in [-0.39, 0.29) is 11.3 Å².